The van der Waals surface area contributed by atoms with Crippen molar-refractivity contribution in [2.45, 2.75) is 87.5 Å². The lowest BCUT2D eigenvalue weighted by Gasteiger charge is -2.49. The molecule has 1 aromatic carbocycles. The van der Waals surface area contributed by atoms with E-state index in [9.17, 15) is 4.79 Å². The second kappa shape index (κ2) is 11.7. The number of allylic oxidation sites excluding steroid dienone is 4. The van der Waals surface area contributed by atoms with Gasteiger partial charge in [-0.3, -0.25) is 4.79 Å². The summed E-state index contributed by atoms with van der Waals surface area (Å²) < 4.78 is 0. The molecule has 0 heterocycles. The van der Waals surface area contributed by atoms with Gasteiger partial charge in [0.05, 0.1) is 0 Å². The van der Waals surface area contributed by atoms with E-state index in [1.165, 1.54) is 33.5 Å². The van der Waals surface area contributed by atoms with Gasteiger partial charge < -0.3 is 10.6 Å². The van der Waals surface area contributed by atoms with Crippen LogP contribution >= 0.6 is 0 Å². The van der Waals surface area contributed by atoms with Gasteiger partial charge in [-0.1, -0.05) is 70.9 Å². The fourth-order valence-electron chi connectivity index (χ4n) is 6.64. The van der Waals surface area contributed by atoms with E-state index in [1.807, 2.05) is 0 Å². The van der Waals surface area contributed by atoms with E-state index in [4.69, 9.17) is 5.73 Å². The van der Waals surface area contributed by atoms with Crippen LogP contribution in [0.4, 0.5) is 5.69 Å². The summed E-state index contributed by atoms with van der Waals surface area (Å²) in [5, 5.41) is 0. The second-order valence-electron chi connectivity index (χ2n) is 11.2. The fraction of sp³-hybridized carbons (Fsp3) is 0.545. The van der Waals surface area contributed by atoms with Crippen LogP contribution in [0.1, 0.15) is 89.5 Å². The maximum Gasteiger partial charge on any atom is 0.248 e. The zero-order chi connectivity index (χ0) is 27.5. The van der Waals surface area contributed by atoms with Crippen LogP contribution in [-0.4, -0.2) is 20.0 Å². The minimum absolute atomic E-state index is 0.231. The number of primary amides is 1. The van der Waals surface area contributed by atoms with Gasteiger partial charge in [0.15, 0.2) is 0 Å². The number of carbonyl (C=O) groups excluding carboxylic acids is 1. The van der Waals surface area contributed by atoms with Gasteiger partial charge in [-0.25, -0.2) is 0 Å². The van der Waals surface area contributed by atoms with E-state index in [2.05, 4.69) is 99.7 Å². The molecule has 0 unspecified atom stereocenters. The van der Waals surface area contributed by atoms with Crippen LogP contribution < -0.4 is 10.6 Å². The largest absolute Gasteiger partial charge is 0.377 e. The number of aryl methyl sites for hydroxylation is 1. The Labute approximate surface area is 221 Å². The quantitative estimate of drug-likeness (QED) is 0.337. The van der Waals surface area contributed by atoms with Crippen molar-refractivity contribution in [2.24, 2.45) is 23.0 Å². The van der Waals surface area contributed by atoms with E-state index in [1.54, 1.807) is 0 Å². The summed E-state index contributed by atoms with van der Waals surface area (Å²) in [7, 11) is 4.24. The number of nitrogens with zero attached hydrogens (tertiary/aromatic N) is 1. The van der Waals surface area contributed by atoms with Crippen molar-refractivity contribution < 1.29 is 4.79 Å². The maximum absolute atomic E-state index is 12.6. The Morgan fingerprint density at radius 2 is 1.78 bits per heavy atom. The van der Waals surface area contributed by atoms with Crippen LogP contribution in [0.2, 0.25) is 0 Å². The Hall–Kier alpha value is -2.55. The van der Waals surface area contributed by atoms with E-state index >= 15 is 0 Å². The maximum atomic E-state index is 12.6. The topological polar surface area (TPSA) is 46.3 Å². The summed E-state index contributed by atoms with van der Waals surface area (Å²) in [4.78, 5) is 14.8. The Bertz CT molecular complexity index is 1100. The van der Waals surface area contributed by atoms with Crippen molar-refractivity contribution in [1.82, 2.24) is 0 Å². The van der Waals surface area contributed by atoms with Crippen LogP contribution in [0.25, 0.3) is 5.57 Å². The van der Waals surface area contributed by atoms with Crippen LogP contribution in [0.5, 0.6) is 0 Å². The first kappa shape index (κ1) is 29.7. The highest BCUT2D eigenvalue weighted by molar-refractivity contribution is 5.98. The molecule has 198 valence electrons. The first-order valence-electron chi connectivity index (χ1n) is 13.7. The molecule has 0 bridgehead atoms. The number of benzene rings is 1. The molecule has 2 rings (SSSR count). The minimum Gasteiger partial charge on any atom is -0.377 e. The van der Waals surface area contributed by atoms with Crippen LogP contribution in [-0.2, 0) is 11.2 Å². The Morgan fingerprint density at radius 3 is 2.25 bits per heavy atom. The lowest BCUT2D eigenvalue weighted by molar-refractivity contribution is -0.114. The summed E-state index contributed by atoms with van der Waals surface area (Å²) in [5.74, 6) is 0.229. The molecule has 0 saturated heterocycles. The van der Waals surface area contributed by atoms with Crippen molar-refractivity contribution >= 4 is 17.2 Å². The zero-order valence-electron chi connectivity index (χ0n) is 24.7. The smallest absolute Gasteiger partial charge is 0.248 e. The molecule has 1 aliphatic carbocycles. The Morgan fingerprint density at radius 1 is 1.17 bits per heavy atom. The third-order valence-electron chi connectivity index (χ3n) is 8.88. The minimum atomic E-state index is -0.362. The van der Waals surface area contributed by atoms with Gasteiger partial charge in [0.2, 0.25) is 5.91 Å². The lowest BCUT2D eigenvalue weighted by atomic mass is 9.54. The van der Waals surface area contributed by atoms with Gasteiger partial charge in [-0.2, -0.15) is 0 Å². The summed E-state index contributed by atoms with van der Waals surface area (Å²) in [5.41, 5.74) is 17.0. The summed E-state index contributed by atoms with van der Waals surface area (Å²) >= 11 is 0. The fourth-order valence-corrected chi connectivity index (χ4v) is 6.64. The molecule has 0 aromatic heterocycles. The van der Waals surface area contributed by atoms with Crippen molar-refractivity contribution in [3.63, 3.8) is 0 Å². The average Bonchev–Trinajstić information content (AvgIpc) is 2.79. The molecular weight excluding hydrogens is 440 g/mol. The molecular formula is C33H50N2O. The van der Waals surface area contributed by atoms with E-state index < -0.39 is 0 Å². The van der Waals surface area contributed by atoms with Gasteiger partial charge in [-0.15, -0.1) is 0 Å². The van der Waals surface area contributed by atoms with Crippen LogP contribution in [0, 0.1) is 31.1 Å². The number of hydrogen-bond donors (Lipinski definition) is 1. The molecule has 0 fully saturated rings. The Kier molecular flexibility index (Phi) is 9.62. The molecule has 1 aromatic rings. The second-order valence-corrected chi connectivity index (χ2v) is 11.2. The molecule has 0 spiro atoms. The predicted octanol–water partition coefficient (Wildman–Crippen LogP) is 8.10. The first-order valence-corrected chi connectivity index (χ1v) is 13.7. The number of rotatable bonds is 10. The summed E-state index contributed by atoms with van der Waals surface area (Å²) in [6.45, 7) is 26.7. The van der Waals surface area contributed by atoms with Crippen molar-refractivity contribution in [1.29, 1.82) is 0 Å². The van der Waals surface area contributed by atoms with Gasteiger partial charge >= 0.3 is 0 Å². The normalized spacial score (nSPS) is 22.7. The van der Waals surface area contributed by atoms with Crippen molar-refractivity contribution in [2.75, 3.05) is 19.0 Å². The molecule has 1 aliphatic rings. The highest BCUT2D eigenvalue weighted by Crippen LogP contribution is 2.56. The number of carbonyl (C=O) groups is 1. The Balaban J connectivity index is 2.82. The van der Waals surface area contributed by atoms with Crippen LogP contribution in [0.3, 0.4) is 0 Å². The van der Waals surface area contributed by atoms with Crippen molar-refractivity contribution in [3.8, 4) is 0 Å². The first-order chi connectivity index (χ1) is 16.8. The molecule has 0 saturated carbocycles. The molecule has 3 atom stereocenters. The molecule has 0 radical (unpaired) electrons. The number of nitrogens with two attached hydrogens (primary N) is 1. The number of amides is 1. The number of anilines is 1. The third-order valence-corrected chi connectivity index (χ3v) is 8.88. The average molecular weight is 491 g/mol. The third kappa shape index (κ3) is 5.12. The van der Waals surface area contributed by atoms with Gasteiger partial charge in [0.1, 0.15) is 0 Å². The molecule has 0 aliphatic heterocycles. The monoisotopic (exact) mass is 490 g/mol. The van der Waals surface area contributed by atoms with Gasteiger partial charge in [0, 0.05) is 30.8 Å². The van der Waals surface area contributed by atoms with E-state index in [-0.39, 0.29) is 17.2 Å². The van der Waals surface area contributed by atoms with Gasteiger partial charge in [0.25, 0.3) is 0 Å². The van der Waals surface area contributed by atoms with Crippen LogP contribution in [0.15, 0.2) is 47.6 Å². The molecule has 3 heteroatoms. The van der Waals surface area contributed by atoms with E-state index in [0.717, 1.165) is 48.8 Å². The zero-order valence-corrected chi connectivity index (χ0v) is 24.7. The number of hydrogen-bond acceptors (Lipinski definition) is 2. The molecule has 1 amide bonds. The highest BCUT2D eigenvalue weighted by Gasteiger charge is 2.47. The lowest BCUT2D eigenvalue weighted by Crippen LogP contribution is -2.42. The highest BCUT2D eigenvalue weighted by atomic mass is 16.1. The summed E-state index contributed by atoms with van der Waals surface area (Å²) in [6.07, 6.45) is 7.47. The molecule has 2 N–H and O–H groups in total. The predicted molar refractivity (Wildman–Crippen MR) is 158 cm³/mol. The van der Waals surface area contributed by atoms with Gasteiger partial charge in [-0.05, 0) is 98.3 Å². The SMILES string of the molecule is C=C(/C=C(\C)[C@]1(C)C(C)=C(C(N)=O)C(=C)[C@@H](CC)[C@@H]1CCC)c1c(C)c(C)cc(N(C)C)c1CCC. The molecule has 3 nitrogen and oxygen atoms in total. The molecule has 36 heavy (non-hydrogen) atoms. The summed E-state index contributed by atoms with van der Waals surface area (Å²) in [6, 6.07) is 2.30. The van der Waals surface area contributed by atoms with Crippen molar-refractivity contribution in [3.05, 3.63) is 69.8 Å². The standard InChI is InChI=1S/C33H50N2O/c1-13-16-27-29(35(11)12)19-20(4)23(7)30(27)21(5)18-22(6)33(10)25(9)31(32(34)36)24(8)26(15-3)28(33)17-14-2/h18-19,26,28H,5,8,13-17H2,1-4,6-7,9-12H3,(H2,34,36)/b22-18+/t26-,28+,33-/m1/s1. The van der Waals surface area contributed by atoms with E-state index in [0.29, 0.717) is 11.5 Å².